The Hall–Kier alpha value is -1.72. The van der Waals surface area contributed by atoms with Crippen molar-refractivity contribution in [2.45, 2.75) is 25.9 Å². The Morgan fingerprint density at radius 1 is 1.06 bits per heavy atom. The van der Waals surface area contributed by atoms with Gasteiger partial charge < -0.3 is 16.2 Å². The second kappa shape index (κ2) is 5.56. The number of esters is 1. The normalized spacial score (nSPS) is 13.9. The molecule has 0 aliphatic carbocycles. The standard InChI is InChI=1S/C12H16N2O3/c1-7(13)11(15)9-3-5-10(6-4-9)17-12(16)8(2)14/h3-8H,13-14H2,1-2H3/t7-,8+/m1/s1. The van der Waals surface area contributed by atoms with Crippen LogP contribution in [-0.2, 0) is 4.79 Å². The molecule has 0 aliphatic heterocycles. The van der Waals surface area contributed by atoms with Gasteiger partial charge >= 0.3 is 5.97 Å². The smallest absolute Gasteiger partial charge is 0.328 e. The van der Waals surface area contributed by atoms with E-state index in [0.29, 0.717) is 11.3 Å². The van der Waals surface area contributed by atoms with Gasteiger partial charge in [-0.2, -0.15) is 0 Å². The minimum atomic E-state index is -0.680. The highest BCUT2D eigenvalue weighted by Gasteiger charge is 2.12. The van der Waals surface area contributed by atoms with Gasteiger partial charge in [0.2, 0.25) is 0 Å². The highest BCUT2D eigenvalue weighted by atomic mass is 16.5. The molecule has 4 N–H and O–H groups in total. The van der Waals surface area contributed by atoms with Crippen molar-refractivity contribution in [2.75, 3.05) is 0 Å². The van der Waals surface area contributed by atoms with Crippen LogP contribution in [0.25, 0.3) is 0 Å². The van der Waals surface area contributed by atoms with Crippen LogP contribution in [0.4, 0.5) is 0 Å². The van der Waals surface area contributed by atoms with Gasteiger partial charge in [0.25, 0.3) is 0 Å². The zero-order valence-corrected chi connectivity index (χ0v) is 9.84. The van der Waals surface area contributed by atoms with E-state index in [4.69, 9.17) is 16.2 Å². The summed E-state index contributed by atoms with van der Waals surface area (Å²) in [6.45, 7) is 3.16. The predicted octanol–water partition coefficient (Wildman–Crippen LogP) is 0.469. The minimum Gasteiger partial charge on any atom is -0.425 e. The molecule has 0 spiro atoms. The fourth-order valence-corrected chi connectivity index (χ4v) is 1.16. The summed E-state index contributed by atoms with van der Waals surface area (Å²) >= 11 is 0. The van der Waals surface area contributed by atoms with E-state index >= 15 is 0 Å². The van der Waals surface area contributed by atoms with E-state index in [-0.39, 0.29) is 5.78 Å². The van der Waals surface area contributed by atoms with Crippen LogP contribution in [0.2, 0.25) is 0 Å². The molecule has 5 heteroatoms. The predicted molar refractivity (Wildman–Crippen MR) is 63.7 cm³/mol. The first-order chi connectivity index (χ1) is 7.91. The van der Waals surface area contributed by atoms with Crippen molar-refractivity contribution in [1.82, 2.24) is 0 Å². The van der Waals surface area contributed by atoms with Gasteiger partial charge in [0.15, 0.2) is 5.78 Å². The lowest BCUT2D eigenvalue weighted by Gasteiger charge is -2.08. The van der Waals surface area contributed by atoms with Crippen LogP contribution in [0.3, 0.4) is 0 Å². The molecule has 92 valence electrons. The van der Waals surface area contributed by atoms with E-state index < -0.39 is 18.1 Å². The van der Waals surface area contributed by atoms with Crippen molar-refractivity contribution in [2.24, 2.45) is 11.5 Å². The topological polar surface area (TPSA) is 95.4 Å². The van der Waals surface area contributed by atoms with E-state index in [2.05, 4.69) is 0 Å². The molecular weight excluding hydrogens is 220 g/mol. The maximum Gasteiger partial charge on any atom is 0.328 e. The lowest BCUT2D eigenvalue weighted by atomic mass is 10.1. The number of rotatable bonds is 4. The van der Waals surface area contributed by atoms with Crippen molar-refractivity contribution in [3.63, 3.8) is 0 Å². The van der Waals surface area contributed by atoms with Gasteiger partial charge in [-0.15, -0.1) is 0 Å². The van der Waals surface area contributed by atoms with Gasteiger partial charge in [-0.1, -0.05) is 0 Å². The first-order valence-corrected chi connectivity index (χ1v) is 5.29. The van der Waals surface area contributed by atoms with E-state index in [9.17, 15) is 9.59 Å². The SMILES string of the molecule is C[C@H](N)C(=O)Oc1ccc(C(=O)[C@@H](C)N)cc1. The molecule has 0 bridgehead atoms. The summed E-state index contributed by atoms with van der Waals surface area (Å²) in [4.78, 5) is 22.7. The van der Waals surface area contributed by atoms with Crippen LogP contribution in [0, 0.1) is 0 Å². The minimum absolute atomic E-state index is 0.157. The van der Waals surface area contributed by atoms with E-state index in [0.717, 1.165) is 0 Å². The molecule has 0 unspecified atom stereocenters. The summed E-state index contributed by atoms with van der Waals surface area (Å²) in [5, 5.41) is 0. The van der Waals surface area contributed by atoms with Crippen LogP contribution in [0.15, 0.2) is 24.3 Å². The third-order valence-electron chi connectivity index (χ3n) is 2.14. The molecule has 0 aromatic heterocycles. The first-order valence-electron chi connectivity index (χ1n) is 5.29. The highest BCUT2D eigenvalue weighted by Crippen LogP contribution is 2.13. The van der Waals surface area contributed by atoms with Crippen LogP contribution >= 0.6 is 0 Å². The average molecular weight is 236 g/mol. The third-order valence-corrected chi connectivity index (χ3v) is 2.14. The molecule has 0 radical (unpaired) electrons. The molecule has 1 aromatic rings. The van der Waals surface area contributed by atoms with Crippen molar-refractivity contribution < 1.29 is 14.3 Å². The van der Waals surface area contributed by atoms with Gasteiger partial charge in [-0.05, 0) is 38.1 Å². The summed E-state index contributed by atoms with van der Waals surface area (Å²) in [5.74, 6) is -0.320. The number of nitrogens with two attached hydrogens (primary N) is 2. The Morgan fingerprint density at radius 2 is 1.59 bits per heavy atom. The number of carbonyl (C=O) groups excluding carboxylic acids is 2. The molecule has 1 aromatic carbocycles. The Labute approximate surface area is 99.7 Å². The van der Waals surface area contributed by atoms with Crippen LogP contribution in [0.5, 0.6) is 5.75 Å². The summed E-state index contributed by atoms with van der Waals surface area (Å²) in [5.41, 5.74) is 11.3. The fourth-order valence-electron chi connectivity index (χ4n) is 1.16. The molecule has 17 heavy (non-hydrogen) atoms. The van der Waals surface area contributed by atoms with Crippen molar-refractivity contribution in [1.29, 1.82) is 0 Å². The van der Waals surface area contributed by atoms with Gasteiger partial charge in [-0.25, -0.2) is 4.79 Å². The Bertz CT molecular complexity index is 410. The number of ketones is 1. The van der Waals surface area contributed by atoms with Crippen LogP contribution in [-0.4, -0.2) is 23.8 Å². The summed E-state index contributed by atoms with van der Waals surface area (Å²) in [6, 6.07) is 4.98. The molecule has 0 saturated carbocycles. The number of hydrogen-bond acceptors (Lipinski definition) is 5. The Kier molecular flexibility index (Phi) is 4.37. The van der Waals surface area contributed by atoms with Crippen molar-refractivity contribution >= 4 is 11.8 Å². The summed E-state index contributed by atoms with van der Waals surface area (Å²) < 4.78 is 4.96. The molecule has 0 saturated heterocycles. The maximum absolute atomic E-state index is 11.5. The molecule has 2 atom stereocenters. The number of Topliss-reactive ketones (excluding diaryl/α,β-unsaturated/α-hetero) is 1. The largest absolute Gasteiger partial charge is 0.425 e. The molecule has 0 aliphatic rings. The maximum atomic E-state index is 11.5. The fraction of sp³-hybridized carbons (Fsp3) is 0.333. The number of ether oxygens (including phenoxy) is 1. The average Bonchev–Trinajstić information content (AvgIpc) is 2.28. The summed E-state index contributed by atoms with van der Waals surface area (Å²) in [6.07, 6.45) is 0. The monoisotopic (exact) mass is 236 g/mol. The zero-order chi connectivity index (χ0) is 13.0. The van der Waals surface area contributed by atoms with Crippen molar-refractivity contribution in [3.05, 3.63) is 29.8 Å². The Balaban J connectivity index is 2.75. The lowest BCUT2D eigenvalue weighted by Crippen LogP contribution is -2.30. The third kappa shape index (κ3) is 3.65. The van der Waals surface area contributed by atoms with Crippen LogP contribution in [0.1, 0.15) is 24.2 Å². The van der Waals surface area contributed by atoms with Gasteiger partial charge in [0, 0.05) is 5.56 Å². The highest BCUT2D eigenvalue weighted by molar-refractivity contribution is 5.99. The van der Waals surface area contributed by atoms with Crippen molar-refractivity contribution in [3.8, 4) is 5.75 Å². The number of benzene rings is 1. The van der Waals surface area contributed by atoms with Gasteiger partial charge in [0.05, 0.1) is 6.04 Å². The van der Waals surface area contributed by atoms with Crippen LogP contribution < -0.4 is 16.2 Å². The Morgan fingerprint density at radius 3 is 2.00 bits per heavy atom. The molecule has 1 rings (SSSR count). The van der Waals surface area contributed by atoms with E-state index in [1.165, 1.54) is 19.1 Å². The first kappa shape index (κ1) is 13.3. The van der Waals surface area contributed by atoms with E-state index in [1.54, 1.807) is 19.1 Å². The molecular formula is C12H16N2O3. The lowest BCUT2D eigenvalue weighted by molar-refractivity contribution is -0.135. The molecule has 0 fully saturated rings. The number of hydrogen-bond donors (Lipinski definition) is 2. The summed E-state index contributed by atoms with van der Waals surface area (Å²) in [7, 11) is 0. The van der Waals surface area contributed by atoms with E-state index in [1.807, 2.05) is 0 Å². The quantitative estimate of drug-likeness (QED) is 0.450. The molecule has 0 amide bonds. The van der Waals surface area contributed by atoms with Gasteiger partial charge in [-0.3, -0.25) is 4.79 Å². The second-order valence-corrected chi connectivity index (χ2v) is 3.89. The number of carbonyl (C=O) groups is 2. The van der Waals surface area contributed by atoms with Gasteiger partial charge in [0.1, 0.15) is 11.8 Å². The molecule has 5 nitrogen and oxygen atoms in total. The zero-order valence-electron chi connectivity index (χ0n) is 9.84. The second-order valence-electron chi connectivity index (χ2n) is 3.89. The molecule has 0 heterocycles.